The van der Waals surface area contributed by atoms with Crippen molar-refractivity contribution in [2.45, 2.75) is 50.6 Å². The Morgan fingerprint density at radius 1 is 1.17 bits per heavy atom. The summed E-state index contributed by atoms with van der Waals surface area (Å²) in [7, 11) is 0. The maximum Gasteiger partial charge on any atom is 0.0237 e. The predicted molar refractivity (Wildman–Crippen MR) is 75.5 cm³/mol. The monoisotopic (exact) mass is 244 g/mol. The molecule has 0 amide bonds. The minimum atomic E-state index is 0.600. The van der Waals surface area contributed by atoms with Crippen LogP contribution >= 0.6 is 0 Å². The molecule has 0 radical (unpaired) electrons. The average Bonchev–Trinajstić information content (AvgIpc) is 3.24. The van der Waals surface area contributed by atoms with E-state index in [4.69, 9.17) is 5.73 Å². The van der Waals surface area contributed by atoms with Crippen LogP contribution in [0.4, 0.5) is 0 Å². The number of nitrogens with two attached hydrogens (primary N) is 1. The lowest BCUT2D eigenvalue weighted by atomic mass is 10.0. The van der Waals surface area contributed by atoms with Gasteiger partial charge >= 0.3 is 0 Å². The van der Waals surface area contributed by atoms with Gasteiger partial charge in [-0.2, -0.15) is 0 Å². The molecule has 1 aliphatic carbocycles. The molecule has 1 saturated carbocycles. The highest BCUT2D eigenvalue weighted by molar-refractivity contribution is 5.29. The van der Waals surface area contributed by atoms with Crippen molar-refractivity contribution in [1.29, 1.82) is 0 Å². The normalized spacial score (nSPS) is 25.3. The lowest BCUT2D eigenvalue weighted by molar-refractivity contribution is 0.145. The standard InChI is InChI=1S/C16H24N2/c17-11-16-6-1-2-9-18(16)12-13-4-3-5-15(10-13)14-7-8-14/h3-5,10,14,16H,1-2,6-9,11-12,17H2. The fourth-order valence-electron chi connectivity index (χ4n) is 3.13. The maximum atomic E-state index is 5.89. The van der Waals surface area contributed by atoms with Gasteiger partial charge in [-0.3, -0.25) is 4.90 Å². The van der Waals surface area contributed by atoms with Gasteiger partial charge in [-0.05, 0) is 49.3 Å². The van der Waals surface area contributed by atoms with E-state index in [2.05, 4.69) is 29.2 Å². The largest absolute Gasteiger partial charge is 0.329 e. The summed E-state index contributed by atoms with van der Waals surface area (Å²) in [5.41, 5.74) is 8.92. The smallest absolute Gasteiger partial charge is 0.0237 e. The lowest BCUT2D eigenvalue weighted by Crippen LogP contribution is -2.43. The van der Waals surface area contributed by atoms with E-state index in [-0.39, 0.29) is 0 Å². The summed E-state index contributed by atoms with van der Waals surface area (Å²) in [6.07, 6.45) is 6.73. The summed E-state index contributed by atoms with van der Waals surface area (Å²) < 4.78 is 0. The third-order valence-corrected chi connectivity index (χ3v) is 4.41. The zero-order valence-corrected chi connectivity index (χ0v) is 11.1. The van der Waals surface area contributed by atoms with Crippen LogP contribution in [-0.4, -0.2) is 24.0 Å². The molecule has 0 bridgehead atoms. The molecule has 1 saturated heterocycles. The van der Waals surface area contributed by atoms with Gasteiger partial charge in [0.15, 0.2) is 0 Å². The molecule has 1 aromatic carbocycles. The van der Waals surface area contributed by atoms with Crippen molar-refractivity contribution in [2.75, 3.05) is 13.1 Å². The van der Waals surface area contributed by atoms with E-state index in [0.29, 0.717) is 6.04 Å². The molecule has 1 atom stereocenters. The zero-order valence-electron chi connectivity index (χ0n) is 11.1. The Kier molecular flexibility index (Phi) is 3.67. The van der Waals surface area contributed by atoms with Crippen molar-refractivity contribution in [2.24, 2.45) is 5.73 Å². The molecule has 2 heteroatoms. The van der Waals surface area contributed by atoms with Gasteiger partial charge in [0.25, 0.3) is 0 Å². The van der Waals surface area contributed by atoms with Gasteiger partial charge in [-0.15, -0.1) is 0 Å². The van der Waals surface area contributed by atoms with Crippen molar-refractivity contribution in [1.82, 2.24) is 4.90 Å². The van der Waals surface area contributed by atoms with Crippen LogP contribution in [0.1, 0.15) is 49.1 Å². The lowest BCUT2D eigenvalue weighted by Gasteiger charge is -2.35. The van der Waals surface area contributed by atoms with E-state index < -0.39 is 0 Å². The number of rotatable bonds is 4. The van der Waals surface area contributed by atoms with Crippen LogP contribution in [-0.2, 0) is 6.54 Å². The first-order valence-electron chi connectivity index (χ1n) is 7.40. The van der Waals surface area contributed by atoms with Gasteiger partial charge in [0.2, 0.25) is 0 Å². The van der Waals surface area contributed by atoms with E-state index in [0.717, 1.165) is 19.0 Å². The molecule has 1 aliphatic heterocycles. The molecule has 2 nitrogen and oxygen atoms in total. The van der Waals surface area contributed by atoms with Crippen LogP contribution in [0.5, 0.6) is 0 Å². The minimum Gasteiger partial charge on any atom is -0.329 e. The van der Waals surface area contributed by atoms with Gasteiger partial charge in [0.1, 0.15) is 0 Å². The number of benzene rings is 1. The Labute approximate surface area is 110 Å². The van der Waals surface area contributed by atoms with E-state index >= 15 is 0 Å². The minimum absolute atomic E-state index is 0.600. The SMILES string of the molecule is NCC1CCCCN1Cc1cccc(C2CC2)c1. The third-order valence-electron chi connectivity index (χ3n) is 4.41. The Hall–Kier alpha value is -0.860. The second-order valence-corrected chi connectivity index (χ2v) is 5.88. The van der Waals surface area contributed by atoms with Crippen molar-refractivity contribution in [3.05, 3.63) is 35.4 Å². The zero-order chi connectivity index (χ0) is 12.4. The average molecular weight is 244 g/mol. The van der Waals surface area contributed by atoms with E-state index in [1.54, 1.807) is 5.56 Å². The van der Waals surface area contributed by atoms with Crippen molar-refractivity contribution >= 4 is 0 Å². The van der Waals surface area contributed by atoms with Crippen LogP contribution in [0, 0.1) is 0 Å². The van der Waals surface area contributed by atoms with Crippen molar-refractivity contribution in [3.63, 3.8) is 0 Å². The maximum absolute atomic E-state index is 5.89. The molecule has 2 fully saturated rings. The summed E-state index contributed by atoms with van der Waals surface area (Å²) in [6, 6.07) is 9.80. The van der Waals surface area contributed by atoms with Crippen LogP contribution in [0.2, 0.25) is 0 Å². The van der Waals surface area contributed by atoms with Crippen LogP contribution in [0.3, 0.4) is 0 Å². The fraction of sp³-hybridized carbons (Fsp3) is 0.625. The van der Waals surface area contributed by atoms with Gasteiger partial charge in [-0.1, -0.05) is 30.7 Å². The summed E-state index contributed by atoms with van der Waals surface area (Å²) in [5.74, 6) is 0.858. The second kappa shape index (κ2) is 5.41. The first-order chi connectivity index (χ1) is 8.86. The van der Waals surface area contributed by atoms with Crippen molar-refractivity contribution in [3.8, 4) is 0 Å². The highest BCUT2D eigenvalue weighted by atomic mass is 15.2. The molecular formula is C16H24N2. The van der Waals surface area contributed by atoms with Crippen LogP contribution in [0.15, 0.2) is 24.3 Å². The number of hydrogen-bond acceptors (Lipinski definition) is 2. The molecule has 0 spiro atoms. The highest BCUT2D eigenvalue weighted by Crippen LogP contribution is 2.40. The van der Waals surface area contributed by atoms with Crippen molar-refractivity contribution < 1.29 is 0 Å². The Morgan fingerprint density at radius 3 is 2.83 bits per heavy atom. The van der Waals surface area contributed by atoms with E-state index in [9.17, 15) is 0 Å². The molecular weight excluding hydrogens is 220 g/mol. The molecule has 2 N–H and O–H groups in total. The number of piperidine rings is 1. The molecule has 2 aliphatic rings. The van der Waals surface area contributed by atoms with E-state index in [1.807, 2.05) is 0 Å². The quantitative estimate of drug-likeness (QED) is 0.882. The second-order valence-electron chi connectivity index (χ2n) is 5.88. The molecule has 98 valence electrons. The van der Waals surface area contributed by atoms with E-state index in [1.165, 1.54) is 44.2 Å². The molecule has 1 aromatic rings. The Morgan fingerprint density at radius 2 is 2.06 bits per heavy atom. The summed E-state index contributed by atoms with van der Waals surface area (Å²) in [4.78, 5) is 2.58. The first kappa shape index (κ1) is 12.2. The molecule has 3 rings (SSSR count). The van der Waals surface area contributed by atoms with Gasteiger partial charge in [-0.25, -0.2) is 0 Å². The van der Waals surface area contributed by atoms with Gasteiger partial charge in [0, 0.05) is 19.1 Å². The molecule has 0 aromatic heterocycles. The van der Waals surface area contributed by atoms with Crippen LogP contribution < -0.4 is 5.73 Å². The Bertz CT molecular complexity index is 398. The molecule has 18 heavy (non-hydrogen) atoms. The highest BCUT2D eigenvalue weighted by Gasteiger charge is 2.24. The number of likely N-dealkylation sites (tertiary alicyclic amines) is 1. The third kappa shape index (κ3) is 2.76. The Balaban J connectivity index is 1.68. The predicted octanol–water partition coefficient (Wildman–Crippen LogP) is 2.88. The summed E-state index contributed by atoms with van der Waals surface area (Å²) >= 11 is 0. The topological polar surface area (TPSA) is 29.3 Å². The number of nitrogens with zero attached hydrogens (tertiary/aromatic N) is 1. The molecule has 1 unspecified atom stereocenters. The van der Waals surface area contributed by atoms with Gasteiger partial charge in [0.05, 0.1) is 0 Å². The molecule has 1 heterocycles. The van der Waals surface area contributed by atoms with Gasteiger partial charge < -0.3 is 5.73 Å². The summed E-state index contributed by atoms with van der Waals surface area (Å²) in [5, 5.41) is 0. The first-order valence-corrected chi connectivity index (χ1v) is 7.40. The summed E-state index contributed by atoms with van der Waals surface area (Å²) in [6.45, 7) is 3.11. The van der Waals surface area contributed by atoms with Crippen LogP contribution in [0.25, 0.3) is 0 Å². The number of hydrogen-bond donors (Lipinski definition) is 1. The fourth-order valence-corrected chi connectivity index (χ4v) is 3.13.